The fourth-order valence-electron chi connectivity index (χ4n) is 2.76. The summed E-state index contributed by atoms with van der Waals surface area (Å²) in [6.45, 7) is 5.17. The minimum atomic E-state index is -0.326. The van der Waals surface area contributed by atoms with E-state index >= 15 is 0 Å². The Morgan fingerprint density at radius 1 is 1.08 bits per heavy atom. The van der Waals surface area contributed by atoms with Crippen LogP contribution in [0.3, 0.4) is 0 Å². The van der Waals surface area contributed by atoms with Crippen molar-refractivity contribution >= 4 is 6.03 Å². The molecule has 0 heterocycles. The molecule has 0 fully saturated rings. The molecule has 2 aromatic rings. The van der Waals surface area contributed by atoms with Crippen LogP contribution in [0.4, 0.5) is 9.18 Å². The number of urea groups is 1. The zero-order valence-corrected chi connectivity index (χ0v) is 15.4. The van der Waals surface area contributed by atoms with Crippen LogP contribution in [0.2, 0.25) is 0 Å². The predicted molar refractivity (Wildman–Crippen MR) is 102 cm³/mol. The minimum absolute atomic E-state index is 0.0798. The Kier molecular flexibility index (Phi) is 7.16. The summed E-state index contributed by atoms with van der Waals surface area (Å²) in [7, 11) is 0. The standard InChI is InChI=1S/C21H27FN2O2/c1-21(2,18-8-10-19(22)11-9-18)16-23-20(26)24(14-15-25)13-12-17-6-4-3-5-7-17/h3-11,25H,12-16H2,1-2H3,(H,23,26). The molecule has 26 heavy (non-hydrogen) atoms. The molecule has 0 aliphatic rings. The molecule has 0 saturated carbocycles. The molecule has 0 aliphatic carbocycles. The summed E-state index contributed by atoms with van der Waals surface area (Å²) in [4.78, 5) is 14.1. The molecule has 2 amide bonds. The minimum Gasteiger partial charge on any atom is -0.395 e. The highest BCUT2D eigenvalue weighted by molar-refractivity contribution is 5.74. The SMILES string of the molecule is CC(C)(CNC(=O)N(CCO)CCc1ccccc1)c1ccc(F)cc1. The van der Waals surface area contributed by atoms with Gasteiger partial charge in [0.25, 0.3) is 0 Å². The lowest BCUT2D eigenvalue weighted by Crippen LogP contribution is -2.46. The highest BCUT2D eigenvalue weighted by Crippen LogP contribution is 2.22. The number of nitrogens with zero attached hydrogens (tertiary/aromatic N) is 1. The Balaban J connectivity index is 1.92. The number of aliphatic hydroxyl groups excluding tert-OH is 1. The number of nitrogens with one attached hydrogen (secondary N) is 1. The monoisotopic (exact) mass is 358 g/mol. The van der Waals surface area contributed by atoms with E-state index in [1.54, 1.807) is 17.0 Å². The summed E-state index contributed by atoms with van der Waals surface area (Å²) >= 11 is 0. The van der Waals surface area contributed by atoms with Crippen molar-refractivity contribution in [3.8, 4) is 0 Å². The van der Waals surface area contributed by atoms with E-state index in [0.717, 1.165) is 17.5 Å². The van der Waals surface area contributed by atoms with Crippen LogP contribution >= 0.6 is 0 Å². The molecule has 5 heteroatoms. The van der Waals surface area contributed by atoms with Crippen LogP contribution in [-0.4, -0.2) is 42.3 Å². The average molecular weight is 358 g/mol. The lowest BCUT2D eigenvalue weighted by Gasteiger charge is -2.28. The second kappa shape index (κ2) is 9.34. The van der Waals surface area contributed by atoms with E-state index in [-0.39, 0.29) is 30.4 Å². The first kappa shape index (κ1) is 19.9. The number of carbonyl (C=O) groups excluding carboxylic acids is 1. The molecule has 2 rings (SSSR count). The second-order valence-electron chi connectivity index (χ2n) is 7.00. The number of benzene rings is 2. The highest BCUT2D eigenvalue weighted by atomic mass is 19.1. The van der Waals surface area contributed by atoms with E-state index in [1.807, 2.05) is 44.2 Å². The number of hydrogen-bond acceptors (Lipinski definition) is 2. The van der Waals surface area contributed by atoms with Crippen LogP contribution in [0.25, 0.3) is 0 Å². The van der Waals surface area contributed by atoms with Crippen molar-refractivity contribution < 1.29 is 14.3 Å². The topological polar surface area (TPSA) is 52.6 Å². The van der Waals surface area contributed by atoms with Crippen molar-refractivity contribution in [3.63, 3.8) is 0 Å². The van der Waals surface area contributed by atoms with Crippen LogP contribution in [0.1, 0.15) is 25.0 Å². The third kappa shape index (κ3) is 5.85. The van der Waals surface area contributed by atoms with E-state index in [4.69, 9.17) is 0 Å². The second-order valence-corrected chi connectivity index (χ2v) is 7.00. The van der Waals surface area contributed by atoms with Crippen molar-refractivity contribution in [1.82, 2.24) is 10.2 Å². The van der Waals surface area contributed by atoms with Crippen molar-refractivity contribution in [1.29, 1.82) is 0 Å². The number of amides is 2. The Morgan fingerprint density at radius 2 is 1.73 bits per heavy atom. The van der Waals surface area contributed by atoms with Gasteiger partial charge in [-0.3, -0.25) is 0 Å². The molecule has 0 bridgehead atoms. The molecule has 0 unspecified atom stereocenters. The van der Waals surface area contributed by atoms with Gasteiger partial charge in [-0.2, -0.15) is 0 Å². The largest absolute Gasteiger partial charge is 0.395 e. The molecular formula is C21H27FN2O2. The molecule has 0 saturated heterocycles. The smallest absolute Gasteiger partial charge is 0.317 e. The number of halogens is 1. The maximum absolute atomic E-state index is 13.1. The van der Waals surface area contributed by atoms with Crippen LogP contribution in [-0.2, 0) is 11.8 Å². The van der Waals surface area contributed by atoms with E-state index in [2.05, 4.69) is 5.32 Å². The Morgan fingerprint density at radius 3 is 2.35 bits per heavy atom. The number of aliphatic hydroxyl groups is 1. The van der Waals surface area contributed by atoms with Crippen LogP contribution in [0, 0.1) is 5.82 Å². The first-order chi connectivity index (χ1) is 12.4. The van der Waals surface area contributed by atoms with E-state index < -0.39 is 0 Å². The van der Waals surface area contributed by atoms with Crippen LogP contribution < -0.4 is 5.32 Å². The first-order valence-electron chi connectivity index (χ1n) is 8.86. The molecule has 140 valence electrons. The van der Waals surface area contributed by atoms with Gasteiger partial charge in [0, 0.05) is 25.0 Å². The quantitative estimate of drug-likeness (QED) is 0.760. The van der Waals surface area contributed by atoms with E-state index in [1.165, 1.54) is 12.1 Å². The Labute approximate surface area is 154 Å². The molecule has 0 spiro atoms. The zero-order valence-electron chi connectivity index (χ0n) is 15.4. The average Bonchev–Trinajstić information content (AvgIpc) is 2.64. The number of hydrogen-bond donors (Lipinski definition) is 2. The Hall–Kier alpha value is -2.40. The summed E-state index contributed by atoms with van der Waals surface area (Å²) < 4.78 is 13.1. The number of rotatable bonds is 8. The summed E-state index contributed by atoms with van der Waals surface area (Å²) in [5.74, 6) is -0.274. The van der Waals surface area contributed by atoms with Gasteiger partial charge in [0.15, 0.2) is 0 Å². The molecule has 0 atom stereocenters. The van der Waals surface area contributed by atoms with E-state index in [9.17, 15) is 14.3 Å². The molecule has 2 N–H and O–H groups in total. The van der Waals surface area contributed by atoms with Crippen LogP contribution in [0.5, 0.6) is 0 Å². The number of carbonyl (C=O) groups is 1. The third-order valence-electron chi connectivity index (χ3n) is 4.48. The first-order valence-corrected chi connectivity index (χ1v) is 8.86. The zero-order chi connectivity index (χ0) is 19.0. The normalized spacial score (nSPS) is 11.2. The molecular weight excluding hydrogens is 331 g/mol. The molecule has 4 nitrogen and oxygen atoms in total. The van der Waals surface area contributed by atoms with Crippen molar-refractivity contribution in [2.24, 2.45) is 0 Å². The molecule has 0 aromatic heterocycles. The predicted octanol–water partition coefficient (Wildman–Crippen LogP) is 3.35. The molecule has 0 aliphatic heterocycles. The summed E-state index contributed by atoms with van der Waals surface area (Å²) in [5, 5.41) is 12.2. The van der Waals surface area contributed by atoms with Gasteiger partial charge in [-0.25, -0.2) is 9.18 Å². The van der Waals surface area contributed by atoms with Gasteiger partial charge in [-0.05, 0) is 29.7 Å². The fourth-order valence-corrected chi connectivity index (χ4v) is 2.76. The fraction of sp³-hybridized carbons (Fsp3) is 0.381. The maximum Gasteiger partial charge on any atom is 0.317 e. The van der Waals surface area contributed by atoms with Gasteiger partial charge in [0.05, 0.1) is 6.61 Å². The summed E-state index contributed by atoms with van der Waals surface area (Å²) in [5.41, 5.74) is 1.78. The van der Waals surface area contributed by atoms with E-state index in [0.29, 0.717) is 13.1 Å². The van der Waals surface area contributed by atoms with Gasteiger partial charge in [0.1, 0.15) is 5.82 Å². The van der Waals surface area contributed by atoms with Gasteiger partial charge in [-0.15, -0.1) is 0 Å². The lowest BCUT2D eigenvalue weighted by atomic mass is 9.84. The van der Waals surface area contributed by atoms with Crippen molar-refractivity contribution in [2.45, 2.75) is 25.7 Å². The van der Waals surface area contributed by atoms with Gasteiger partial charge >= 0.3 is 6.03 Å². The molecule has 2 aromatic carbocycles. The van der Waals surface area contributed by atoms with Gasteiger partial charge < -0.3 is 15.3 Å². The molecule has 0 radical (unpaired) electrons. The van der Waals surface area contributed by atoms with Crippen molar-refractivity contribution in [3.05, 3.63) is 71.5 Å². The van der Waals surface area contributed by atoms with Gasteiger partial charge in [-0.1, -0.05) is 56.3 Å². The lowest BCUT2D eigenvalue weighted by molar-refractivity contribution is 0.176. The highest BCUT2D eigenvalue weighted by Gasteiger charge is 2.23. The third-order valence-corrected chi connectivity index (χ3v) is 4.48. The van der Waals surface area contributed by atoms with Gasteiger partial charge in [0.2, 0.25) is 0 Å². The summed E-state index contributed by atoms with van der Waals surface area (Å²) in [6, 6.07) is 16.1. The Bertz CT molecular complexity index is 687. The summed E-state index contributed by atoms with van der Waals surface area (Å²) in [6.07, 6.45) is 0.732. The van der Waals surface area contributed by atoms with Crippen LogP contribution in [0.15, 0.2) is 54.6 Å². The van der Waals surface area contributed by atoms with Crippen molar-refractivity contribution in [2.75, 3.05) is 26.2 Å². The maximum atomic E-state index is 13.1.